The molecule has 58 heavy (non-hydrogen) atoms. The van der Waals surface area contributed by atoms with Gasteiger partial charge in [-0.05, 0) is 55.7 Å². The summed E-state index contributed by atoms with van der Waals surface area (Å²) in [7, 11) is 0. The van der Waals surface area contributed by atoms with Crippen LogP contribution in [0.5, 0.6) is 0 Å². The van der Waals surface area contributed by atoms with Crippen LogP contribution in [-0.4, -0.2) is 99.4 Å². The summed E-state index contributed by atoms with van der Waals surface area (Å²) in [6.45, 7) is 5.80. The van der Waals surface area contributed by atoms with E-state index >= 15 is 0 Å². The second-order valence-corrected chi connectivity index (χ2v) is 10.9. The van der Waals surface area contributed by atoms with Gasteiger partial charge in [-0.15, -0.1) is 0 Å². The quantitative estimate of drug-likeness (QED) is 0.0516. The Hall–Kier alpha value is -5.76. The first-order chi connectivity index (χ1) is 26.9. The zero-order valence-electron chi connectivity index (χ0n) is 32.0. The van der Waals surface area contributed by atoms with Crippen molar-refractivity contribution in [2.75, 3.05) is 0 Å². The van der Waals surface area contributed by atoms with Crippen LogP contribution in [0.3, 0.4) is 0 Å². The molecule has 3 atom stereocenters. The van der Waals surface area contributed by atoms with Gasteiger partial charge in [-0.25, -0.2) is 15.0 Å². The van der Waals surface area contributed by atoms with Crippen LogP contribution in [0.25, 0.3) is 18.2 Å². The van der Waals surface area contributed by atoms with E-state index in [1.54, 1.807) is 18.6 Å². The molecule has 0 radical (unpaired) electrons. The molecule has 318 valence electrons. The van der Waals surface area contributed by atoms with Gasteiger partial charge in [-0.1, -0.05) is 59.3 Å². The Labute approximate surface area is 348 Å². The Bertz CT molecular complexity index is 1390. The van der Waals surface area contributed by atoms with Crippen LogP contribution in [0.2, 0.25) is 0 Å². The zero-order valence-corrected chi connectivity index (χ0v) is 34.0. The summed E-state index contributed by atoms with van der Waals surface area (Å²) in [6, 6.07) is 0. The van der Waals surface area contributed by atoms with Gasteiger partial charge in [0.2, 0.25) is 0 Å². The summed E-state index contributed by atoms with van der Waals surface area (Å²) in [5.41, 5.74) is 1.72. The molecule has 3 unspecified atom stereocenters. The maximum absolute atomic E-state index is 9.86. The molecule has 22 heteroatoms. The number of aliphatic hydroxyl groups is 3. The van der Waals surface area contributed by atoms with E-state index in [1.165, 1.54) is 37.2 Å². The van der Waals surface area contributed by atoms with Gasteiger partial charge in [0.05, 0.1) is 90.2 Å². The maximum atomic E-state index is 9.86. The fraction of sp³-hybridized carbons (Fsp3) is 0.417. The van der Waals surface area contributed by atoms with E-state index < -0.39 is 54.1 Å². The third kappa shape index (κ3) is 41.4. The Balaban J connectivity index is -0.000000301. The molecule has 0 bridgehead atoms. The fourth-order valence-electron chi connectivity index (χ4n) is 3.09. The van der Waals surface area contributed by atoms with Crippen LogP contribution >= 0.6 is 0 Å². The average molecular weight is 901 g/mol. The van der Waals surface area contributed by atoms with Crippen LogP contribution in [0, 0.1) is 0 Å². The molecule has 0 saturated carbocycles. The number of nitrogens with one attached hydrogen (secondary N) is 3. The number of aromatic amines is 3. The summed E-state index contributed by atoms with van der Waals surface area (Å²) in [6.07, 6.45) is 18.0. The molecule has 3 heterocycles. The van der Waals surface area contributed by atoms with Crippen LogP contribution < -0.4 is 30.6 Å². The maximum Gasteiger partial charge on any atom is 6.00 e. The molecule has 3 aromatic rings. The molecular formula is C36H48MoN6O15. The molecular weight excluding hydrogens is 852 g/mol. The second-order valence-electron chi connectivity index (χ2n) is 10.9. The molecule has 0 amide bonds. The number of unbranched alkanes of at least 4 members (excludes halogenated alkanes) is 3. The van der Waals surface area contributed by atoms with Crippen LogP contribution in [0.15, 0.2) is 55.8 Å². The van der Waals surface area contributed by atoms with Gasteiger partial charge in [-0.3, -0.25) is 0 Å². The number of hydrogen-bond acceptors (Lipinski definition) is 18. The Morgan fingerprint density at radius 2 is 0.741 bits per heavy atom. The van der Waals surface area contributed by atoms with Gasteiger partial charge in [0.1, 0.15) is 0 Å². The Morgan fingerprint density at radius 3 is 0.879 bits per heavy atom. The SMILES string of the molecule is CCCCC(O)C(=O)[O-].CCCCC(O)C(=O)[O-].CCCCC(O)C(=O)[O-].O=C([O-])C=Cc1c[nH]cn1.O=C([O-])C=Cc1c[nH]cn1.O=C([O-])C=Cc1c[nH]cn1.[Mo+6]. The standard InChI is InChI=1S/3C6H6N2O2.3C6H12O3.Mo/c3*9-6(10)2-1-5-3-7-4-8-5;3*1-2-3-4-5(7)6(8)9;/h3*1-4H,(H,7,8)(H,9,10);3*5,7H,2-4H2,1H3,(H,8,9);/q;;;;;;+6/p-6. The number of nitrogens with zero attached hydrogens (tertiary/aromatic N) is 3. The van der Waals surface area contributed by atoms with Crippen molar-refractivity contribution >= 4 is 54.0 Å². The first-order valence-electron chi connectivity index (χ1n) is 17.2. The van der Waals surface area contributed by atoms with Crippen molar-refractivity contribution in [1.29, 1.82) is 0 Å². The van der Waals surface area contributed by atoms with E-state index in [0.717, 1.165) is 56.8 Å². The summed E-state index contributed by atoms with van der Waals surface area (Å²) >= 11 is 0. The molecule has 0 aromatic carbocycles. The number of aliphatic carboxylic acids is 6. The van der Waals surface area contributed by atoms with Crippen LogP contribution in [0.4, 0.5) is 0 Å². The average Bonchev–Trinajstić information content (AvgIpc) is 3.99. The number of carboxylic acids is 6. The first-order valence-corrected chi connectivity index (χ1v) is 17.2. The van der Waals surface area contributed by atoms with Crippen LogP contribution in [0.1, 0.15) is 95.6 Å². The van der Waals surface area contributed by atoms with E-state index in [-0.39, 0.29) is 21.1 Å². The molecule has 0 fully saturated rings. The molecule has 0 aliphatic carbocycles. The molecule has 0 spiro atoms. The van der Waals surface area contributed by atoms with Gasteiger partial charge in [0.25, 0.3) is 0 Å². The summed E-state index contributed by atoms with van der Waals surface area (Å²) < 4.78 is 0. The van der Waals surface area contributed by atoms with Gasteiger partial charge in [0, 0.05) is 18.6 Å². The molecule has 3 aromatic heterocycles. The molecule has 0 aliphatic heterocycles. The Morgan fingerprint density at radius 1 is 0.517 bits per heavy atom. The van der Waals surface area contributed by atoms with Gasteiger partial charge < -0.3 is 89.7 Å². The number of carboxylic acid groups (broad SMARTS) is 6. The third-order valence-corrected chi connectivity index (χ3v) is 6.04. The number of carbonyl (C=O) groups excluding carboxylic acids is 6. The predicted molar refractivity (Wildman–Crippen MR) is 190 cm³/mol. The minimum Gasteiger partial charge on any atom is -0.547 e. The number of imidazole rings is 3. The van der Waals surface area contributed by atoms with Crippen molar-refractivity contribution in [2.24, 2.45) is 0 Å². The molecule has 6 N–H and O–H groups in total. The van der Waals surface area contributed by atoms with Crippen molar-refractivity contribution in [2.45, 2.75) is 96.9 Å². The summed E-state index contributed by atoms with van der Waals surface area (Å²) in [5, 5.41) is 84.9. The van der Waals surface area contributed by atoms with Crippen molar-refractivity contribution in [1.82, 2.24) is 29.9 Å². The summed E-state index contributed by atoms with van der Waals surface area (Å²) in [4.78, 5) is 78.4. The predicted octanol–water partition coefficient (Wildman–Crippen LogP) is -4.62. The van der Waals surface area contributed by atoms with Gasteiger partial charge in [0.15, 0.2) is 0 Å². The normalized spacial score (nSPS) is 11.5. The van der Waals surface area contributed by atoms with Crippen molar-refractivity contribution in [3.05, 3.63) is 72.9 Å². The van der Waals surface area contributed by atoms with E-state index in [4.69, 9.17) is 15.3 Å². The zero-order chi connectivity index (χ0) is 44.0. The van der Waals surface area contributed by atoms with Crippen molar-refractivity contribution in [3.63, 3.8) is 0 Å². The van der Waals surface area contributed by atoms with Gasteiger partial charge in [-0.2, -0.15) is 0 Å². The molecule has 0 saturated heterocycles. The number of carbonyl (C=O) groups is 6. The monoisotopic (exact) mass is 902 g/mol. The summed E-state index contributed by atoms with van der Waals surface area (Å²) in [5.74, 6) is -7.77. The van der Waals surface area contributed by atoms with Gasteiger partial charge >= 0.3 is 21.1 Å². The minimum absolute atomic E-state index is 0. The minimum atomic E-state index is -1.37. The number of rotatable bonds is 18. The smallest absolute Gasteiger partial charge is 0.547 e. The molecule has 3 rings (SSSR count). The largest absolute Gasteiger partial charge is 6.00 e. The van der Waals surface area contributed by atoms with E-state index in [1.807, 2.05) is 20.8 Å². The first kappa shape index (κ1) is 58.9. The van der Waals surface area contributed by atoms with E-state index in [9.17, 15) is 59.4 Å². The van der Waals surface area contributed by atoms with E-state index in [2.05, 4.69) is 29.9 Å². The Kier molecular flexibility index (Phi) is 40.1. The number of aliphatic hydroxyl groups excluding tert-OH is 3. The second kappa shape index (κ2) is 39.5. The fourth-order valence-corrected chi connectivity index (χ4v) is 3.09. The molecule has 21 nitrogen and oxygen atoms in total. The number of aromatic nitrogens is 6. The van der Waals surface area contributed by atoms with Crippen molar-refractivity contribution in [3.8, 4) is 0 Å². The van der Waals surface area contributed by atoms with E-state index in [0.29, 0.717) is 36.3 Å². The molecule has 0 aliphatic rings. The number of H-pyrrole nitrogens is 3. The van der Waals surface area contributed by atoms with Crippen LogP contribution in [-0.2, 0) is 49.8 Å². The van der Waals surface area contributed by atoms with Crippen molar-refractivity contribution < 1.29 is 95.8 Å². The topological polar surface area (TPSA) is 388 Å². The number of hydrogen-bond donors (Lipinski definition) is 6. The third-order valence-electron chi connectivity index (χ3n) is 6.04.